The largest absolute Gasteiger partial charge is 0.505 e. The Balaban J connectivity index is 2.23. The SMILES string of the molecule is CC(=O)c1nc(C(=O)NCC(=O)O)c(O)c2c(-c3ccc(Cl)cc3)nsc12. The zero-order chi connectivity index (χ0) is 19.7. The summed E-state index contributed by atoms with van der Waals surface area (Å²) in [5.41, 5.74) is 0.519. The number of carbonyl (C=O) groups is 3. The molecule has 0 atom stereocenters. The van der Waals surface area contributed by atoms with Gasteiger partial charge in [0.1, 0.15) is 12.2 Å². The summed E-state index contributed by atoms with van der Waals surface area (Å²) in [5, 5.41) is 22.2. The summed E-state index contributed by atoms with van der Waals surface area (Å²) in [6.07, 6.45) is 0. The van der Waals surface area contributed by atoms with E-state index in [9.17, 15) is 19.5 Å². The number of amides is 1. The number of nitrogens with one attached hydrogen (secondary N) is 1. The molecular weight excluding hydrogens is 394 g/mol. The quantitative estimate of drug-likeness (QED) is 0.556. The molecule has 27 heavy (non-hydrogen) atoms. The van der Waals surface area contributed by atoms with Crippen molar-refractivity contribution in [3.63, 3.8) is 0 Å². The van der Waals surface area contributed by atoms with Gasteiger partial charge in [-0.05, 0) is 23.7 Å². The molecule has 0 unspecified atom stereocenters. The van der Waals surface area contributed by atoms with Gasteiger partial charge in [0.25, 0.3) is 5.91 Å². The average molecular weight is 406 g/mol. The van der Waals surface area contributed by atoms with Crippen LogP contribution in [0.3, 0.4) is 0 Å². The molecule has 3 N–H and O–H groups in total. The van der Waals surface area contributed by atoms with Crippen LogP contribution in [0.5, 0.6) is 5.75 Å². The predicted octanol–water partition coefficient (Wildman–Crippen LogP) is 2.73. The number of fused-ring (bicyclic) bond motifs is 1. The third kappa shape index (κ3) is 3.60. The maximum atomic E-state index is 12.3. The van der Waals surface area contributed by atoms with E-state index in [1.54, 1.807) is 24.3 Å². The molecule has 8 nitrogen and oxygen atoms in total. The Morgan fingerprint density at radius 1 is 1.19 bits per heavy atom. The summed E-state index contributed by atoms with van der Waals surface area (Å²) in [5.74, 6) is -3.06. The number of benzene rings is 1. The van der Waals surface area contributed by atoms with Crippen LogP contribution < -0.4 is 5.32 Å². The molecule has 2 heterocycles. The van der Waals surface area contributed by atoms with Crippen LogP contribution in [-0.2, 0) is 4.79 Å². The molecule has 10 heteroatoms. The number of hydrogen-bond donors (Lipinski definition) is 3. The van der Waals surface area contributed by atoms with Crippen molar-refractivity contribution in [1.82, 2.24) is 14.7 Å². The van der Waals surface area contributed by atoms with Gasteiger partial charge in [0.2, 0.25) is 0 Å². The van der Waals surface area contributed by atoms with E-state index in [0.29, 0.717) is 21.0 Å². The fraction of sp³-hybridized carbons (Fsp3) is 0.118. The van der Waals surface area contributed by atoms with E-state index in [1.165, 1.54) is 6.92 Å². The summed E-state index contributed by atoms with van der Waals surface area (Å²) in [6.45, 7) is 0.624. The average Bonchev–Trinajstić information content (AvgIpc) is 3.06. The Morgan fingerprint density at radius 3 is 2.44 bits per heavy atom. The third-order valence-electron chi connectivity index (χ3n) is 3.66. The van der Waals surface area contributed by atoms with Crippen LogP contribution >= 0.6 is 23.1 Å². The van der Waals surface area contributed by atoms with E-state index in [-0.39, 0.29) is 11.1 Å². The minimum atomic E-state index is -1.25. The van der Waals surface area contributed by atoms with Gasteiger partial charge in [0, 0.05) is 17.5 Å². The number of Topliss-reactive ketones (excluding diaryl/α,β-unsaturated/α-hetero) is 1. The van der Waals surface area contributed by atoms with Gasteiger partial charge in [-0.2, -0.15) is 4.37 Å². The monoisotopic (exact) mass is 405 g/mol. The van der Waals surface area contributed by atoms with Crippen molar-refractivity contribution in [2.24, 2.45) is 0 Å². The van der Waals surface area contributed by atoms with Crippen molar-refractivity contribution in [1.29, 1.82) is 0 Å². The lowest BCUT2D eigenvalue weighted by atomic mass is 10.1. The molecule has 1 aromatic carbocycles. The number of aliphatic carboxylic acids is 1. The van der Waals surface area contributed by atoms with E-state index >= 15 is 0 Å². The molecule has 0 aliphatic rings. The highest BCUT2D eigenvalue weighted by molar-refractivity contribution is 7.14. The number of carboxylic acids is 1. The highest BCUT2D eigenvalue weighted by Crippen LogP contribution is 2.40. The molecule has 0 saturated heterocycles. The maximum Gasteiger partial charge on any atom is 0.322 e. The number of carbonyl (C=O) groups excluding carboxylic acids is 2. The smallest absolute Gasteiger partial charge is 0.322 e. The molecule has 0 radical (unpaired) electrons. The number of carboxylic acid groups (broad SMARTS) is 1. The van der Waals surface area contributed by atoms with Crippen molar-refractivity contribution >= 4 is 50.9 Å². The van der Waals surface area contributed by atoms with Crippen LogP contribution in [0.4, 0.5) is 0 Å². The molecule has 0 aliphatic heterocycles. The minimum Gasteiger partial charge on any atom is -0.505 e. The van der Waals surface area contributed by atoms with Crippen LogP contribution in [0.1, 0.15) is 27.9 Å². The van der Waals surface area contributed by atoms with Gasteiger partial charge >= 0.3 is 5.97 Å². The van der Waals surface area contributed by atoms with Crippen LogP contribution in [0.15, 0.2) is 24.3 Å². The van der Waals surface area contributed by atoms with Crippen molar-refractivity contribution in [2.45, 2.75) is 6.92 Å². The molecule has 0 spiro atoms. The third-order valence-corrected chi connectivity index (χ3v) is 4.76. The summed E-state index contributed by atoms with van der Waals surface area (Å²) in [7, 11) is 0. The Hall–Kier alpha value is -3.04. The zero-order valence-corrected chi connectivity index (χ0v) is 15.4. The fourth-order valence-corrected chi connectivity index (χ4v) is 3.51. The molecular formula is C17H12ClN3O5S. The van der Waals surface area contributed by atoms with E-state index in [4.69, 9.17) is 16.7 Å². The van der Waals surface area contributed by atoms with Gasteiger partial charge in [0.15, 0.2) is 17.2 Å². The highest BCUT2D eigenvalue weighted by atomic mass is 35.5. The Morgan fingerprint density at radius 2 is 1.85 bits per heavy atom. The number of aromatic hydroxyl groups is 1. The van der Waals surface area contributed by atoms with Crippen LogP contribution in [0.25, 0.3) is 21.3 Å². The van der Waals surface area contributed by atoms with Crippen LogP contribution in [0, 0.1) is 0 Å². The Labute approximate surface area is 161 Å². The fourth-order valence-electron chi connectivity index (χ4n) is 2.45. The van der Waals surface area contributed by atoms with E-state index < -0.39 is 35.6 Å². The molecule has 138 valence electrons. The minimum absolute atomic E-state index is 0.0269. The van der Waals surface area contributed by atoms with Gasteiger partial charge in [-0.25, -0.2) is 4.98 Å². The summed E-state index contributed by atoms with van der Waals surface area (Å²) in [4.78, 5) is 38.9. The van der Waals surface area contributed by atoms with E-state index in [0.717, 1.165) is 11.5 Å². The number of aromatic nitrogens is 2. The molecule has 0 saturated carbocycles. The van der Waals surface area contributed by atoms with Crippen molar-refractivity contribution in [3.8, 4) is 17.0 Å². The number of halogens is 1. The first-order chi connectivity index (χ1) is 12.8. The highest BCUT2D eigenvalue weighted by Gasteiger charge is 2.25. The van der Waals surface area contributed by atoms with Gasteiger partial charge in [-0.15, -0.1) is 0 Å². The number of rotatable bonds is 5. The lowest BCUT2D eigenvalue weighted by Gasteiger charge is -2.09. The maximum absolute atomic E-state index is 12.3. The Kier molecular flexibility index (Phi) is 5.06. The number of ketones is 1. The van der Waals surface area contributed by atoms with Gasteiger partial charge in [-0.3, -0.25) is 14.4 Å². The number of nitrogens with zero attached hydrogens (tertiary/aromatic N) is 2. The molecule has 3 aromatic rings. The van der Waals surface area contributed by atoms with Crippen molar-refractivity contribution in [3.05, 3.63) is 40.7 Å². The lowest BCUT2D eigenvalue weighted by Crippen LogP contribution is -2.30. The molecule has 1 amide bonds. The van der Waals surface area contributed by atoms with Crippen LogP contribution in [0.2, 0.25) is 5.02 Å². The summed E-state index contributed by atoms with van der Waals surface area (Å²) < 4.78 is 4.63. The first-order valence-electron chi connectivity index (χ1n) is 7.58. The second-order valence-corrected chi connectivity index (χ2v) is 6.74. The molecule has 0 fully saturated rings. The normalized spacial score (nSPS) is 10.7. The summed E-state index contributed by atoms with van der Waals surface area (Å²) in [6, 6.07) is 6.67. The predicted molar refractivity (Wildman–Crippen MR) is 99.5 cm³/mol. The van der Waals surface area contributed by atoms with Crippen molar-refractivity contribution < 1.29 is 24.6 Å². The zero-order valence-electron chi connectivity index (χ0n) is 13.8. The van der Waals surface area contributed by atoms with Gasteiger partial charge in [0.05, 0.1) is 15.8 Å². The first-order valence-corrected chi connectivity index (χ1v) is 8.74. The molecule has 0 bridgehead atoms. The van der Waals surface area contributed by atoms with Gasteiger partial charge < -0.3 is 15.5 Å². The van der Waals surface area contributed by atoms with Crippen molar-refractivity contribution in [2.75, 3.05) is 6.54 Å². The first kappa shape index (κ1) is 18.7. The Bertz CT molecular complexity index is 1080. The van der Waals surface area contributed by atoms with E-state index in [1.807, 2.05) is 0 Å². The van der Waals surface area contributed by atoms with E-state index in [2.05, 4.69) is 14.7 Å². The standard InChI is InChI=1S/C17H12ClN3O5S/c1-7(22)12-16-11(13(21-27-16)8-2-4-9(18)5-3-8)15(25)14(20-12)17(26)19-6-10(23)24/h2-5,25H,6H2,1H3,(H,19,26)(H,23,24). The lowest BCUT2D eigenvalue weighted by molar-refractivity contribution is -0.135. The molecule has 2 aromatic heterocycles. The summed E-state index contributed by atoms with van der Waals surface area (Å²) >= 11 is 6.86. The van der Waals surface area contributed by atoms with Gasteiger partial charge in [-0.1, -0.05) is 23.7 Å². The van der Waals surface area contributed by atoms with Crippen LogP contribution in [-0.4, -0.2) is 43.8 Å². The molecule has 0 aliphatic carbocycles. The number of pyridine rings is 1. The number of hydrogen-bond acceptors (Lipinski definition) is 7. The second kappa shape index (κ2) is 7.29. The topological polar surface area (TPSA) is 129 Å². The second-order valence-electron chi connectivity index (χ2n) is 5.53. The molecule has 3 rings (SSSR count).